The zero-order valence-corrected chi connectivity index (χ0v) is 17.1. The fraction of sp³-hybridized carbons (Fsp3) is 0.0476. The summed E-state index contributed by atoms with van der Waals surface area (Å²) in [4.78, 5) is 16.4. The van der Waals surface area contributed by atoms with E-state index in [0.717, 1.165) is 5.56 Å². The minimum atomic E-state index is -0.340. The predicted molar refractivity (Wildman–Crippen MR) is 115 cm³/mol. The van der Waals surface area contributed by atoms with Crippen molar-refractivity contribution in [1.82, 2.24) is 19.7 Å². The summed E-state index contributed by atoms with van der Waals surface area (Å²) in [5, 5.41) is 12.4. The normalized spacial score (nSPS) is 10.7. The molecule has 0 unspecified atom stereocenters. The standard InChI is InChI=1S/C21H15ClFN5OS/c22-15-2-1-3-17(12-15)25-19(29)13-30-21-27-26-20(14-8-10-24-11-9-14)28(21)18-6-4-16(23)5-7-18/h1-12H,13H2,(H,25,29). The van der Waals surface area contributed by atoms with E-state index in [9.17, 15) is 9.18 Å². The van der Waals surface area contributed by atoms with Crippen LogP contribution in [-0.2, 0) is 4.79 Å². The highest BCUT2D eigenvalue weighted by molar-refractivity contribution is 7.99. The Balaban J connectivity index is 1.59. The first-order valence-electron chi connectivity index (χ1n) is 8.90. The predicted octanol–water partition coefficient (Wildman–Crippen LogP) is 4.85. The molecule has 0 aliphatic heterocycles. The van der Waals surface area contributed by atoms with Gasteiger partial charge in [0.15, 0.2) is 11.0 Å². The van der Waals surface area contributed by atoms with Crippen LogP contribution < -0.4 is 5.32 Å². The second-order valence-electron chi connectivity index (χ2n) is 6.20. The minimum Gasteiger partial charge on any atom is -0.325 e. The largest absolute Gasteiger partial charge is 0.325 e. The zero-order chi connectivity index (χ0) is 20.9. The van der Waals surface area contributed by atoms with Crippen molar-refractivity contribution in [2.45, 2.75) is 5.16 Å². The second kappa shape index (κ2) is 9.06. The lowest BCUT2D eigenvalue weighted by molar-refractivity contribution is -0.113. The Hall–Kier alpha value is -3.23. The van der Waals surface area contributed by atoms with Crippen LogP contribution in [0.25, 0.3) is 17.1 Å². The Kier molecular flexibility index (Phi) is 6.06. The molecule has 0 radical (unpaired) electrons. The summed E-state index contributed by atoms with van der Waals surface area (Å²) in [5.41, 5.74) is 2.11. The van der Waals surface area contributed by atoms with Crippen LogP contribution in [0.4, 0.5) is 10.1 Å². The van der Waals surface area contributed by atoms with Crippen LogP contribution in [0, 0.1) is 5.82 Å². The number of thioether (sulfide) groups is 1. The van der Waals surface area contributed by atoms with Gasteiger partial charge in [-0.1, -0.05) is 29.4 Å². The van der Waals surface area contributed by atoms with Crippen molar-refractivity contribution in [3.05, 3.63) is 83.9 Å². The van der Waals surface area contributed by atoms with Gasteiger partial charge < -0.3 is 5.32 Å². The van der Waals surface area contributed by atoms with Crippen LogP contribution in [0.3, 0.4) is 0 Å². The molecule has 1 amide bonds. The summed E-state index contributed by atoms with van der Waals surface area (Å²) < 4.78 is 15.2. The first-order chi connectivity index (χ1) is 14.6. The number of amides is 1. The number of aromatic nitrogens is 4. The molecule has 2 aromatic carbocycles. The van der Waals surface area contributed by atoms with Gasteiger partial charge in [-0.05, 0) is 54.6 Å². The summed E-state index contributed by atoms with van der Waals surface area (Å²) in [5.74, 6) is 0.137. The van der Waals surface area contributed by atoms with Crippen LogP contribution in [0.5, 0.6) is 0 Å². The number of carbonyl (C=O) groups is 1. The van der Waals surface area contributed by atoms with Gasteiger partial charge in [-0.25, -0.2) is 4.39 Å². The van der Waals surface area contributed by atoms with E-state index in [2.05, 4.69) is 20.5 Å². The van der Waals surface area contributed by atoms with Gasteiger partial charge >= 0.3 is 0 Å². The highest BCUT2D eigenvalue weighted by atomic mass is 35.5. The molecular formula is C21H15ClFN5OS. The quantitative estimate of drug-likeness (QED) is 0.435. The number of nitrogens with one attached hydrogen (secondary N) is 1. The molecule has 0 atom stereocenters. The molecule has 0 fully saturated rings. The average molecular weight is 440 g/mol. The smallest absolute Gasteiger partial charge is 0.234 e. The molecule has 0 saturated heterocycles. The number of halogens is 2. The third-order valence-corrected chi connectivity index (χ3v) is 5.26. The van der Waals surface area contributed by atoms with E-state index in [4.69, 9.17) is 11.6 Å². The van der Waals surface area contributed by atoms with E-state index in [0.29, 0.717) is 27.4 Å². The SMILES string of the molecule is O=C(CSc1nnc(-c2ccncc2)n1-c1ccc(F)cc1)Nc1cccc(Cl)c1. The number of benzene rings is 2. The summed E-state index contributed by atoms with van der Waals surface area (Å²) >= 11 is 7.18. The van der Waals surface area contributed by atoms with Crippen molar-refractivity contribution >= 4 is 35.0 Å². The van der Waals surface area contributed by atoms with Gasteiger partial charge in [-0.15, -0.1) is 10.2 Å². The van der Waals surface area contributed by atoms with Crippen LogP contribution in [-0.4, -0.2) is 31.4 Å². The van der Waals surface area contributed by atoms with E-state index in [1.54, 1.807) is 53.4 Å². The van der Waals surface area contributed by atoms with Gasteiger partial charge in [-0.3, -0.25) is 14.3 Å². The van der Waals surface area contributed by atoms with Gasteiger partial charge in [0.25, 0.3) is 0 Å². The maximum absolute atomic E-state index is 13.4. The Morgan fingerprint density at radius 2 is 1.83 bits per heavy atom. The highest BCUT2D eigenvalue weighted by Crippen LogP contribution is 2.28. The summed E-state index contributed by atoms with van der Waals surface area (Å²) in [6, 6.07) is 16.6. The van der Waals surface area contributed by atoms with Crippen molar-refractivity contribution in [2.24, 2.45) is 0 Å². The van der Waals surface area contributed by atoms with Gasteiger partial charge in [0, 0.05) is 34.4 Å². The highest BCUT2D eigenvalue weighted by Gasteiger charge is 2.17. The molecule has 0 aliphatic carbocycles. The molecule has 150 valence electrons. The molecule has 4 rings (SSSR count). The number of hydrogen-bond donors (Lipinski definition) is 1. The lowest BCUT2D eigenvalue weighted by atomic mass is 10.2. The Labute approximate surface area is 181 Å². The van der Waals surface area contributed by atoms with E-state index in [1.165, 1.54) is 23.9 Å². The fourth-order valence-corrected chi connectivity index (χ4v) is 3.71. The third kappa shape index (κ3) is 4.67. The molecule has 0 aliphatic rings. The van der Waals surface area contributed by atoms with Crippen molar-refractivity contribution in [3.8, 4) is 17.1 Å². The average Bonchev–Trinajstić information content (AvgIpc) is 3.17. The molecule has 2 aromatic heterocycles. The number of rotatable bonds is 6. The maximum Gasteiger partial charge on any atom is 0.234 e. The summed E-state index contributed by atoms with van der Waals surface area (Å²) in [6.45, 7) is 0. The first kappa shape index (κ1) is 20.1. The first-order valence-corrected chi connectivity index (χ1v) is 10.3. The van der Waals surface area contributed by atoms with Gasteiger partial charge in [0.1, 0.15) is 5.82 Å². The van der Waals surface area contributed by atoms with Crippen LogP contribution in [0.2, 0.25) is 5.02 Å². The molecule has 30 heavy (non-hydrogen) atoms. The second-order valence-corrected chi connectivity index (χ2v) is 7.58. The number of pyridine rings is 1. The maximum atomic E-state index is 13.4. The monoisotopic (exact) mass is 439 g/mol. The zero-order valence-electron chi connectivity index (χ0n) is 15.5. The van der Waals surface area contributed by atoms with Crippen molar-refractivity contribution in [3.63, 3.8) is 0 Å². The molecule has 4 aromatic rings. The summed E-state index contributed by atoms with van der Waals surface area (Å²) in [6.07, 6.45) is 3.31. The molecule has 6 nitrogen and oxygen atoms in total. The molecule has 9 heteroatoms. The molecule has 2 heterocycles. The topological polar surface area (TPSA) is 72.7 Å². The Bertz CT molecular complexity index is 1170. The van der Waals surface area contributed by atoms with E-state index in [-0.39, 0.29) is 17.5 Å². The number of nitrogens with zero attached hydrogens (tertiary/aromatic N) is 4. The Morgan fingerprint density at radius 1 is 1.07 bits per heavy atom. The third-order valence-electron chi connectivity index (χ3n) is 4.10. The molecule has 0 spiro atoms. The van der Waals surface area contributed by atoms with E-state index in [1.807, 2.05) is 12.1 Å². The van der Waals surface area contributed by atoms with Crippen molar-refractivity contribution in [1.29, 1.82) is 0 Å². The Morgan fingerprint density at radius 3 is 2.57 bits per heavy atom. The molecule has 1 N–H and O–H groups in total. The van der Waals surface area contributed by atoms with Gasteiger partial charge in [-0.2, -0.15) is 0 Å². The van der Waals surface area contributed by atoms with Crippen molar-refractivity contribution < 1.29 is 9.18 Å². The molecular weight excluding hydrogens is 425 g/mol. The van der Waals surface area contributed by atoms with Crippen LogP contribution >= 0.6 is 23.4 Å². The van der Waals surface area contributed by atoms with E-state index < -0.39 is 0 Å². The van der Waals surface area contributed by atoms with Crippen molar-refractivity contribution in [2.75, 3.05) is 11.1 Å². The minimum absolute atomic E-state index is 0.113. The van der Waals surface area contributed by atoms with E-state index >= 15 is 0 Å². The van der Waals surface area contributed by atoms with Crippen LogP contribution in [0.15, 0.2) is 78.2 Å². The number of anilines is 1. The lowest BCUT2D eigenvalue weighted by Crippen LogP contribution is -2.14. The number of carbonyl (C=O) groups excluding carboxylic acids is 1. The fourth-order valence-electron chi connectivity index (χ4n) is 2.77. The van der Waals surface area contributed by atoms with Crippen LogP contribution in [0.1, 0.15) is 0 Å². The lowest BCUT2D eigenvalue weighted by Gasteiger charge is -2.10. The number of hydrogen-bond acceptors (Lipinski definition) is 5. The van der Waals surface area contributed by atoms with Gasteiger partial charge in [0.05, 0.1) is 5.75 Å². The molecule has 0 bridgehead atoms. The van der Waals surface area contributed by atoms with Gasteiger partial charge in [0.2, 0.25) is 5.91 Å². The summed E-state index contributed by atoms with van der Waals surface area (Å²) in [7, 11) is 0. The molecule has 0 saturated carbocycles.